The molecule has 0 nitrogen and oxygen atoms in total. The predicted octanol–water partition coefficient (Wildman–Crippen LogP) is 3.36. The molecule has 0 radical (unpaired) electrons. The summed E-state index contributed by atoms with van der Waals surface area (Å²) in [5.41, 5.74) is -0.511. The summed E-state index contributed by atoms with van der Waals surface area (Å²) in [5.74, 6) is 0. The minimum Gasteiger partial charge on any atom is -0.169 e. The predicted molar refractivity (Wildman–Crippen MR) is 48.1 cm³/mol. The highest BCUT2D eigenvalue weighted by atomic mass is 19.4. The van der Waals surface area contributed by atoms with Gasteiger partial charge in [-0.25, -0.2) is 0 Å². The molecule has 0 bridgehead atoms. The molecule has 3 heteroatoms. The fourth-order valence-corrected chi connectivity index (χ4v) is 1.46. The van der Waals surface area contributed by atoms with Gasteiger partial charge in [0.1, 0.15) is 5.41 Å². The van der Waals surface area contributed by atoms with Crippen LogP contribution < -0.4 is 0 Å². The second kappa shape index (κ2) is 2.62. The fourth-order valence-electron chi connectivity index (χ4n) is 1.46. The zero-order chi connectivity index (χ0) is 10.4. The van der Waals surface area contributed by atoms with Crippen molar-refractivity contribution in [2.24, 2.45) is 0 Å². The van der Waals surface area contributed by atoms with Crippen LogP contribution in [0.4, 0.5) is 13.2 Å². The summed E-state index contributed by atoms with van der Waals surface area (Å²) >= 11 is 0. The molecular formula is C11H9F3. The molecular weight excluding hydrogens is 189 g/mol. The van der Waals surface area contributed by atoms with E-state index in [1.54, 1.807) is 12.1 Å². The Labute approximate surface area is 80.1 Å². The number of aryl methyl sites for hydroxylation is 1. The Morgan fingerprint density at radius 2 is 1.50 bits per heavy atom. The van der Waals surface area contributed by atoms with Gasteiger partial charge in [-0.15, -0.1) is 0 Å². The van der Waals surface area contributed by atoms with Crippen LogP contribution in [0.1, 0.15) is 11.1 Å². The lowest BCUT2D eigenvalue weighted by Crippen LogP contribution is -2.30. The van der Waals surface area contributed by atoms with E-state index in [-0.39, 0.29) is 0 Å². The maximum absolute atomic E-state index is 12.6. The molecule has 0 fully saturated rings. The van der Waals surface area contributed by atoms with Crippen molar-refractivity contribution in [1.82, 2.24) is 0 Å². The van der Waals surface area contributed by atoms with E-state index in [2.05, 4.69) is 0 Å². The summed E-state index contributed by atoms with van der Waals surface area (Å²) in [5, 5.41) is 0. The van der Waals surface area contributed by atoms with Gasteiger partial charge in [-0.05, 0) is 12.5 Å². The number of alkyl halides is 3. The Balaban J connectivity index is 2.37. The van der Waals surface area contributed by atoms with Crippen molar-refractivity contribution in [3.8, 4) is 0 Å². The Kier molecular flexibility index (Phi) is 1.74. The lowest BCUT2D eigenvalue weighted by molar-refractivity contribution is -0.153. The normalized spacial score (nSPS) is 18.3. The Morgan fingerprint density at radius 1 is 1.00 bits per heavy atom. The van der Waals surface area contributed by atoms with Gasteiger partial charge >= 0.3 is 6.18 Å². The van der Waals surface area contributed by atoms with Crippen molar-refractivity contribution in [2.75, 3.05) is 0 Å². The van der Waals surface area contributed by atoms with Gasteiger partial charge in [0.25, 0.3) is 0 Å². The third-order valence-electron chi connectivity index (χ3n) is 2.50. The fraction of sp³-hybridized carbons (Fsp3) is 0.273. The van der Waals surface area contributed by atoms with Crippen LogP contribution in [-0.2, 0) is 5.41 Å². The summed E-state index contributed by atoms with van der Waals surface area (Å²) in [6.45, 7) is 1.85. The van der Waals surface area contributed by atoms with Gasteiger partial charge in [0.05, 0.1) is 0 Å². The maximum Gasteiger partial charge on any atom is 0.405 e. The number of halogens is 3. The number of benzene rings is 1. The van der Waals surface area contributed by atoms with Crippen molar-refractivity contribution >= 4 is 0 Å². The second-order valence-electron chi connectivity index (χ2n) is 3.57. The van der Waals surface area contributed by atoms with Crippen LogP contribution in [-0.4, -0.2) is 6.18 Å². The highest BCUT2D eigenvalue weighted by Gasteiger charge is 2.58. The molecule has 74 valence electrons. The highest BCUT2D eigenvalue weighted by Crippen LogP contribution is 2.51. The third kappa shape index (κ3) is 1.24. The summed E-state index contributed by atoms with van der Waals surface area (Å²) in [7, 11) is 0. The number of hydrogen-bond acceptors (Lipinski definition) is 0. The van der Waals surface area contributed by atoms with Gasteiger partial charge in [0.15, 0.2) is 0 Å². The molecule has 0 saturated heterocycles. The maximum atomic E-state index is 12.6. The Hall–Kier alpha value is -1.25. The van der Waals surface area contributed by atoms with Crippen LogP contribution in [0.3, 0.4) is 0 Å². The molecule has 1 aliphatic carbocycles. The number of allylic oxidation sites excluding steroid dienone is 2. The van der Waals surface area contributed by atoms with Crippen LogP contribution in [0.25, 0.3) is 0 Å². The Morgan fingerprint density at radius 3 is 1.86 bits per heavy atom. The zero-order valence-corrected chi connectivity index (χ0v) is 7.60. The molecule has 1 aromatic rings. The Bertz CT molecular complexity index is 365. The van der Waals surface area contributed by atoms with E-state index in [1.165, 1.54) is 24.3 Å². The van der Waals surface area contributed by atoms with E-state index in [1.807, 2.05) is 6.92 Å². The molecule has 0 heterocycles. The molecule has 0 aliphatic heterocycles. The molecule has 0 N–H and O–H groups in total. The van der Waals surface area contributed by atoms with Crippen LogP contribution in [0.15, 0.2) is 36.4 Å². The molecule has 0 unspecified atom stereocenters. The third-order valence-corrected chi connectivity index (χ3v) is 2.50. The van der Waals surface area contributed by atoms with E-state index in [0.717, 1.165) is 5.56 Å². The van der Waals surface area contributed by atoms with Gasteiger partial charge in [0, 0.05) is 0 Å². The quantitative estimate of drug-likeness (QED) is 0.607. The topological polar surface area (TPSA) is 0 Å². The average molecular weight is 198 g/mol. The van der Waals surface area contributed by atoms with Crippen LogP contribution in [0.5, 0.6) is 0 Å². The van der Waals surface area contributed by atoms with Crippen molar-refractivity contribution in [2.45, 2.75) is 18.5 Å². The minimum absolute atomic E-state index is 0.301. The lowest BCUT2D eigenvalue weighted by atomic mass is 9.92. The van der Waals surface area contributed by atoms with Crippen molar-refractivity contribution in [3.05, 3.63) is 47.5 Å². The van der Waals surface area contributed by atoms with Crippen LogP contribution >= 0.6 is 0 Å². The van der Waals surface area contributed by atoms with Crippen LogP contribution in [0.2, 0.25) is 0 Å². The first-order chi connectivity index (χ1) is 6.46. The van der Waals surface area contributed by atoms with E-state index >= 15 is 0 Å². The van der Waals surface area contributed by atoms with Gasteiger partial charge in [-0.2, -0.15) is 13.2 Å². The van der Waals surface area contributed by atoms with Crippen LogP contribution in [0, 0.1) is 6.92 Å². The summed E-state index contributed by atoms with van der Waals surface area (Å²) in [6.07, 6.45) is -1.82. The summed E-state index contributed by atoms with van der Waals surface area (Å²) in [6, 6.07) is 6.46. The van der Waals surface area contributed by atoms with Crippen molar-refractivity contribution < 1.29 is 13.2 Å². The SMILES string of the molecule is Cc1ccc(C2(C(F)(F)F)C=C2)cc1. The zero-order valence-electron chi connectivity index (χ0n) is 7.60. The molecule has 0 atom stereocenters. The van der Waals surface area contributed by atoms with Gasteiger partial charge < -0.3 is 0 Å². The molecule has 0 amide bonds. The molecule has 1 aromatic carbocycles. The van der Waals surface area contributed by atoms with E-state index in [0.29, 0.717) is 5.56 Å². The monoisotopic (exact) mass is 198 g/mol. The largest absolute Gasteiger partial charge is 0.405 e. The van der Waals surface area contributed by atoms with Gasteiger partial charge in [-0.1, -0.05) is 42.0 Å². The number of hydrogen-bond donors (Lipinski definition) is 0. The standard InChI is InChI=1S/C11H9F3/c1-8-2-4-9(5-3-8)10(6-7-10)11(12,13)14/h2-7H,1H3. The molecule has 0 spiro atoms. The van der Waals surface area contributed by atoms with E-state index in [4.69, 9.17) is 0 Å². The number of rotatable bonds is 1. The molecule has 2 rings (SSSR count). The minimum atomic E-state index is -4.21. The van der Waals surface area contributed by atoms with Gasteiger partial charge in [-0.3, -0.25) is 0 Å². The average Bonchev–Trinajstić information content (AvgIpc) is 2.84. The first kappa shape index (κ1) is 9.31. The lowest BCUT2D eigenvalue weighted by Gasteiger charge is -2.20. The van der Waals surface area contributed by atoms with Gasteiger partial charge in [0.2, 0.25) is 0 Å². The van der Waals surface area contributed by atoms with E-state index in [9.17, 15) is 13.2 Å². The second-order valence-corrected chi connectivity index (χ2v) is 3.57. The summed E-state index contributed by atoms with van der Waals surface area (Å²) < 4.78 is 37.9. The molecule has 1 aliphatic rings. The summed E-state index contributed by atoms with van der Waals surface area (Å²) in [4.78, 5) is 0. The first-order valence-corrected chi connectivity index (χ1v) is 4.30. The van der Waals surface area contributed by atoms with E-state index < -0.39 is 11.6 Å². The highest BCUT2D eigenvalue weighted by molar-refractivity contribution is 5.50. The molecule has 14 heavy (non-hydrogen) atoms. The molecule has 0 saturated carbocycles. The molecule has 0 aromatic heterocycles. The van der Waals surface area contributed by atoms with Crippen molar-refractivity contribution in [3.63, 3.8) is 0 Å². The van der Waals surface area contributed by atoms with Crippen molar-refractivity contribution in [1.29, 1.82) is 0 Å². The first-order valence-electron chi connectivity index (χ1n) is 4.30. The smallest absolute Gasteiger partial charge is 0.169 e.